The van der Waals surface area contributed by atoms with E-state index in [2.05, 4.69) is 24.4 Å². The van der Waals surface area contributed by atoms with Crippen LogP contribution in [0.15, 0.2) is 36.0 Å². The van der Waals surface area contributed by atoms with Crippen molar-refractivity contribution >= 4 is 17.5 Å². The molecule has 128 valence electrons. The molecule has 4 nitrogen and oxygen atoms in total. The molecule has 1 heterocycles. The lowest BCUT2D eigenvalue weighted by Crippen LogP contribution is -2.51. The molecular formula is C20H26N2O2. The number of carbonyl (C=O) groups excluding carboxylic acids is 2. The van der Waals surface area contributed by atoms with Crippen LogP contribution < -0.4 is 5.32 Å². The number of rotatable bonds is 4. The Balaban J connectivity index is 1.90. The third-order valence-electron chi connectivity index (χ3n) is 5.34. The summed E-state index contributed by atoms with van der Waals surface area (Å²) in [5.41, 5.74) is 2.43. The van der Waals surface area contributed by atoms with Crippen LogP contribution >= 0.6 is 0 Å². The fourth-order valence-corrected chi connectivity index (χ4v) is 3.99. The van der Waals surface area contributed by atoms with Crippen LogP contribution in [0.3, 0.4) is 0 Å². The Morgan fingerprint density at radius 1 is 1.29 bits per heavy atom. The van der Waals surface area contributed by atoms with Crippen LogP contribution in [0, 0.1) is 5.41 Å². The van der Waals surface area contributed by atoms with Crippen molar-refractivity contribution in [1.29, 1.82) is 0 Å². The summed E-state index contributed by atoms with van der Waals surface area (Å²) in [7, 11) is 0. The number of allylic oxidation sites excluding steroid dienone is 1. The van der Waals surface area contributed by atoms with Gasteiger partial charge in [-0.25, -0.2) is 0 Å². The number of hydrogen-bond donors (Lipinski definition) is 1. The molecule has 0 spiro atoms. The first-order valence-electron chi connectivity index (χ1n) is 9.02. The van der Waals surface area contributed by atoms with Gasteiger partial charge in [-0.2, -0.15) is 0 Å². The van der Waals surface area contributed by atoms with Crippen molar-refractivity contribution in [2.75, 3.05) is 11.9 Å². The topological polar surface area (TPSA) is 49.4 Å². The molecule has 2 aliphatic rings. The molecule has 0 bridgehead atoms. The zero-order valence-corrected chi connectivity index (χ0v) is 14.6. The van der Waals surface area contributed by atoms with Gasteiger partial charge in [-0.05, 0) is 56.7 Å². The second-order valence-corrected chi connectivity index (χ2v) is 6.71. The van der Waals surface area contributed by atoms with Gasteiger partial charge >= 0.3 is 0 Å². The van der Waals surface area contributed by atoms with Gasteiger partial charge in [0.15, 0.2) is 0 Å². The third kappa shape index (κ3) is 2.85. The van der Waals surface area contributed by atoms with E-state index in [1.54, 1.807) is 0 Å². The molecule has 1 aromatic carbocycles. The van der Waals surface area contributed by atoms with E-state index in [1.807, 2.05) is 30.0 Å². The molecule has 1 aliphatic heterocycles. The molecule has 0 saturated carbocycles. The van der Waals surface area contributed by atoms with Crippen LogP contribution in [0.5, 0.6) is 0 Å². The van der Waals surface area contributed by atoms with Gasteiger partial charge in [0.25, 0.3) is 0 Å². The molecule has 2 amide bonds. The van der Waals surface area contributed by atoms with Crippen molar-refractivity contribution in [2.24, 2.45) is 5.41 Å². The maximum atomic E-state index is 13.2. The summed E-state index contributed by atoms with van der Waals surface area (Å²) in [6.45, 7) is 4.71. The highest BCUT2D eigenvalue weighted by Gasteiger charge is 2.49. The Bertz CT molecular complexity index is 680. The normalized spacial score (nSPS) is 23.5. The van der Waals surface area contributed by atoms with E-state index in [4.69, 9.17) is 0 Å². The van der Waals surface area contributed by atoms with Crippen molar-refractivity contribution in [3.05, 3.63) is 41.6 Å². The van der Waals surface area contributed by atoms with Crippen molar-refractivity contribution < 1.29 is 9.59 Å². The van der Waals surface area contributed by atoms with Crippen molar-refractivity contribution in [2.45, 2.75) is 52.4 Å². The van der Waals surface area contributed by atoms with Gasteiger partial charge in [0.05, 0.1) is 5.41 Å². The first-order valence-corrected chi connectivity index (χ1v) is 9.02. The van der Waals surface area contributed by atoms with E-state index in [-0.39, 0.29) is 11.8 Å². The Morgan fingerprint density at radius 2 is 2.12 bits per heavy atom. The van der Waals surface area contributed by atoms with Gasteiger partial charge in [0.1, 0.15) is 0 Å². The van der Waals surface area contributed by atoms with Gasteiger partial charge < -0.3 is 10.2 Å². The summed E-state index contributed by atoms with van der Waals surface area (Å²) < 4.78 is 0. The highest BCUT2D eigenvalue weighted by molar-refractivity contribution is 5.99. The average molecular weight is 326 g/mol. The Kier molecular flexibility index (Phi) is 4.74. The van der Waals surface area contributed by atoms with E-state index in [0.717, 1.165) is 37.1 Å². The highest BCUT2D eigenvalue weighted by atomic mass is 16.2. The maximum absolute atomic E-state index is 13.2. The molecule has 1 fully saturated rings. The minimum Gasteiger partial charge on any atom is -0.325 e. The SMILES string of the molecule is CCc1cccc(NC(=O)C23CCCC=C2N(CC)C(=O)CC3)c1. The van der Waals surface area contributed by atoms with Gasteiger partial charge in [-0.15, -0.1) is 0 Å². The summed E-state index contributed by atoms with van der Waals surface area (Å²) in [6.07, 6.45) is 6.88. The molecule has 1 unspecified atom stereocenters. The Morgan fingerprint density at radius 3 is 2.88 bits per heavy atom. The molecule has 1 N–H and O–H groups in total. The van der Waals surface area contributed by atoms with Gasteiger partial charge in [-0.1, -0.05) is 25.1 Å². The summed E-state index contributed by atoms with van der Waals surface area (Å²) in [5.74, 6) is 0.176. The lowest BCUT2D eigenvalue weighted by Gasteiger charge is -2.45. The largest absolute Gasteiger partial charge is 0.325 e. The lowest BCUT2D eigenvalue weighted by molar-refractivity contribution is -0.138. The summed E-state index contributed by atoms with van der Waals surface area (Å²) in [4.78, 5) is 27.3. The van der Waals surface area contributed by atoms with Crippen LogP contribution in [0.1, 0.15) is 51.5 Å². The monoisotopic (exact) mass is 326 g/mol. The standard InChI is InChI=1S/C20H26N2O2/c1-3-15-8-7-9-16(14-15)21-19(24)20-12-6-5-10-17(20)22(4-2)18(23)11-13-20/h7-10,14H,3-6,11-13H2,1-2H3,(H,21,24). The van der Waals surface area contributed by atoms with Crippen LogP contribution in [-0.4, -0.2) is 23.3 Å². The van der Waals surface area contributed by atoms with E-state index >= 15 is 0 Å². The fourth-order valence-electron chi connectivity index (χ4n) is 3.99. The van der Waals surface area contributed by atoms with Crippen molar-refractivity contribution in [1.82, 2.24) is 4.90 Å². The molecule has 0 radical (unpaired) electrons. The smallest absolute Gasteiger partial charge is 0.236 e. The first kappa shape index (κ1) is 16.7. The van der Waals surface area contributed by atoms with E-state index < -0.39 is 5.41 Å². The predicted octanol–water partition coefficient (Wildman–Crippen LogP) is 3.88. The number of carbonyl (C=O) groups is 2. The van der Waals surface area contributed by atoms with E-state index in [1.165, 1.54) is 5.56 Å². The Hall–Kier alpha value is -2.10. The number of benzene rings is 1. The summed E-state index contributed by atoms with van der Waals surface area (Å²) in [6, 6.07) is 8.02. The minimum atomic E-state index is -0.551. The molecule has 1 atom stereocenters. The van der Waals surface area contributed by atoms with E-state index in [0.29, 0.717) is 19.4 Å². The van der Waals surface area contributed by atoms with Gasteiger partial charge in [-0.3, -0.25) is 9.59 Å². The molecule has 0 aromatic heterocycles. The second kappa shape index (κ2) is 6.80. The molecule has 4 heteroatoms. The highest BCUT2D eigenvalue weighted by Crippen LogP contribution is 2.47. The maximum Gasteiger partial charge on any atom is 0.236 e. The Labute approximate surface area is 143 Å². The van der Waals surface area contributed by atoms with Gasteiger partial charge in [0, 0.05) is 24.4 Å². The zero-order valence-electron chi connectivity index (χ0n) is 14.6. The van der Waals surface area contributed by atoms with Crippen LogP contribution in [0.2, 0.25) is 0 Å². The van der Waals surface area contributed by atoms with E-state index in [9.17, 15) is 9.59 Å². The lowest BCUT2D eigenvalue weighted by atomic mass is 9.69. The van der Waals surface area contributed by atoms with Crippen LogP contribution in [0.4, 0.5) is 5.69 Å². The van der Waals surface area contributed by atoms with Crippen LogP contribution in [-0.2, 0) is 16.0 Å². The first-order chi connectivity index (χ1) is 11.6. The summed E-state index contributed by atoms with van der Waals surface area (Å²) >= 11 is 0. The van der Waals surface area contributed by atoms with Crippen molar-refractivity contribution in [3.8, 4) is 0 Å². The number of nitrogens with zero attached hydrogens (tertiary/aromatic N) is 1. The number of nitrogens with one attached hydrogen (secondary N) is 1. The molecule has 1 saturated heterocycles. The molecule has 1 aromatic rings. The van der Waals surface area contributed by atoms with Crippen LogP contribution in [0.25, 0.3) is 0 Å². The van der Waals surface area contributed by atoms with Crippen molar-refractivity contribution in [3.63, 3.8) is 0 Å². The third-order valence-corrected chi connectivity index (χ3v) is 5.34. The molecule has 3 rings (SSSR count). The minimum absolute atomic E-state index is 0.0349. The number of piperidine rings is 1. The molecular weight excluding hydrogens is 300 g/mol. The number of amides is 2. The molecule has 1 aliphatic carbocycles. The van der Waals surface area contributed by atoms with Gasteiger partial charge in [0.2, 0.25) is 11.8 Å². The quantitative estimate of drug-likeness (QED) is 0.912. The summed E-state index contributed by atoms with van der Waals surface area (Å²) in [5, 5.41) is 3.12. The zero-order chi connectivity index (χ0) is 17.2. The number of aryl methyl sites for hydroxylation is 1. The average Bonchev–Trinajstić information content (AvgIpc) is 2.61. The number of likely N-dealkylation sites (tertiary alicyclic amines) is 1. The fraction of sp³-hybridized carbons (Fsp3) is 0.500. The number of fused-ring (bicyclic) bond motifs is 1. The number of hydrogen-bond acceptors (Lipinski definition) is 2. The number of anilines is 1. The molecule has 24 heavy (non-hydrogen) atoms. The predicted molar refractivity (Wildman–Crippen MR) is 95.4 cm³/mol. The second-order valence-electron chi connectivity index (χ2n) is 6.71.